The zero-order chi connectivity index (χ0) is 14.2. The highest BCUT2D eigenvalue weighted by molar-refractivity contribution is 5.39. The van der Waals surface area contributed by atoms with E-state index in [9.17, 15) is 17.6 Å². The summed E-state index contributed by atoms with van der Waals surface area (Å²) in [4.78, 5) is 0. The Kier molecular flexibility index (Phi) is 3.33. The van der Waals surface area contributed by atoms with E-state index in [1.165, 1.54) is 24.3 Å². The number of hydrogen-bond donors (Lipinski definition) is 1. The van der Waals surface area contributed by atoms with E-state index in [0.717, 1.165) is 6.92 Å². The van der Waals surface area contributed by atoms with Crippen LogP contribution < -0.4 is 4.74 Å². The molecule has 2 aromatic rings. The summed E-state index contributed by atoms with van der Waals surface area (Å²) in [5.41, 5.74) is -0.756. The van der Waals surface area contributed by atoms with Gasteiger partial charge >= 0.3 is 0 Å². The normalized spacial score (nSPS) is 10.6. The lowest BCUT2D eigenvalue weighted by molar-refractivity contribution is 0.362. The molecule has 0 heterocycles. The van der Waals surface area contributed by atoms with Crippen molar-refractivity contribution in [2.75, 3.05) is 0 Å². The molecule has 0 aliphatic carbocycles. The number of benzene rings is 2. The molecule has 2 aromatic carbocycles. The highest BCUT2D eigenvalue weighted by atomic mass is 19.2. The van der Waals surface area contributed by atoms with Crippen molar-refractivity contribution in [3.05, 3.63) is 53.1 Å². The van der Waals surface area contributed by atoms with E-state index in [-0.39, 0.29) is 11.5 Å². The molecule has 0 saturated carbocycles. The van der Waals surface area contributed by atoms with Gasteiger partial charge < -0.3 is 9.84 Å². The second kappa shape index (κ2) is 4.79. The Morgan fingerprint density at radius 1 is 0.842 bits per heavy atom. The van der Waals surface area contributed by atoms with Gasteiger partial charge in [-0.05, 0) is 31.2 Å². The number of phenolic OH excluding ortho intramolecular Hbond substituents is 1. The minimum atomic E-state index is -1.61. The van der Waals surface area contributed by atoms with Gasteiger partial charge in [-0.1, -0.05) is 0 Å². The number of rotatable bonds is 2. The molecule has 100 valence electrons. The van der Waals surface area contributed by atoms with E-state index in [1.54, 1.807) is 0 Å². The van der Waals surface area contributed by atoms with Gasteiger partial charge in [0, 0.05) is 5.56 Å². The SMILES string of the molecule is Cc1c(F)c(F)c(Oc2ccc(O)cc2)c(F)c1F. The van der Waals surface area contributed by atoms with Crippen LogP contribution in [0.1, 0.15) is 5.56 Å². The largest absolute Gasteiger partial charge is 0.508 e. The standard InChI is InChI=1S/C13H8F4O2/c1-6-9(14)11(16)13(12(17)10(6)15)19-8-4-2-7(18)3-5-8/h2-5,18H,1H3. The van der Waals surface area contributed by atoms with Gasteiger partial charge in [-0.2, -0.15) is 8.78 Å². The van der Waals surface area contributed by atoms with Gasteiger partial charge in [-0.15, -0.1) is 0 Å². The molecule has 2 nitrogen and oxygen atoms in total. The fourth-order valence-electron chi connectivity index (χ4n) is 1.44. The lowest BCUT2D eigenvalue weighted by Gasteiger charge is -2.11. The Bertz CT molecular complexity index is 595. The maximum atomic E-state index is 13.5. The molecule has 0 aliphatic heterocycles. The molecule has 0 saturated heterocycles. The summed E-state index contributed by atoms with van der Waals surface area (Å²) in [6.07, 6.45) is 0. The second-order valence-electron chi connectivity index (χ2n) is 3.81. The summed E-state index contributed by atoms with van der Waals surface area (Å²) in [5.74, 6) is -7.55. The Morgan fingerprint density at radius 2 is 1.32 bits per heavy atom. The third kappa shape index (κ3) is 2.33. The van der Waals surface area contributed by atoms with Crippen LogP contribution in [-0.4, -0.2) is 5.11 Å². The van der Waals surface area contributed by atoms with E-state index < -0.39 is 34.6 Å². The number of halogens is 4. The molecule has 0 bridgehead atoms. The summed E-state index contributed by atoms with van der Waals surface area (Å²) in [6.45, 7) is 0.918. The van der Waals surface area contributed by atoms with Crippen LogP contribution in [0.5, 0.6) is 17.2 Å². The van der Waals surface area contributed by atoms with E-state index in [0.29, 0.717) is 0 Å². The van der Waals surface area contributed by atoms with Crippen LogP contribution in [0.3, 0.4) is 0 Å². The van der Waals surface area contributed by atoms with Crippen molar-refractivity contribution in [1.29, 1.82) is 0 Å². The number of aromatic hydroxyl groups is 1. The zero-order valence-electron chi connectivity index (χ0n) is 9.68. The molecule has 0 aliphatic rings. The molecule has 0 fully saturated rings. The molecule has 2 rings (SSSR count). The fourth-order valence-corrected chi connectivity index (χ4v) is 1.44. The highest BCUT2D eigenvalue weighted by Crippen LogP contribution is 2.33. The van der Waals surface area contributed by atoms with Crippen LogP contribution in [0.15, 0.2) is 24.3 Å². The first kappa shape index (κ1) is 13.2. The van der Waals surface area contributed by atoms with Crippen LogP contribution in [-0.2, 0) is 0 Å². The van der Waals surface area contributed by atoms with Crippen molar-refractivity contribution in [3.8, 4) is 17.2 Å². The number of phenols is 1. The quantitative estimate of drug-likeness (QED) is 0.660. The Hall–Kier alpha value is -2.24. The van der Waals surface area contributed by atoms with Gasteiger partial charge in [0.25, 0.3) is 0 Å². The lowest BCUT2D eigenvalue weighted by Crippen LogP contribution is -2.03. The van der Waals surface area contributed by atoms with Crippen molar-refractivity contribution in [3.63, 3.8) is 0 Å². The summed E-state index contributed by atoms with van der Waals surface area (Å²) < 4.78 is 58.4. The summed E-state index contributed by atoms with van der Waals surface area (Å²) >= 11 is 0. The average molecular weight is 272 g/mol. The first-order chi connectivity index (χ1) is 8.91. The molecule has 0 aromatic heterocycles. The topological polar surface area (TPSA) is 29.5 Å². The molecular formula is C13H8F4O2. The van der Waals surface area contributed by atoms with Crippen molar-refractivity contribution >= 4 is 0 Å². The predicted molar refractivity (Wildman–Crippen MR) is 59.2 cm³/mol. The van der Waals surface area contributed by atoms with E-state index in [4.69, 9.17) is 9.84 Å². The Morgan fingerprint density at radius 3 is 1.79 bits per heavy atom. The molecule has 0 spiro atoms. The summed E-state index contributed by atoms with van der Waals surface area (Å²) in [7, 11) is 0. The lowest BCUT2D eigenvalue weighted by atomic mass is 10.2. The fraction of sp³-hybridized carbons (Fsp3) is 0.0769. The third-order valence-electron chi connectivity index (χ3n) is 2.50. The van der Waals surface area contributed by atoms with Crippen LogP contribution in [0, 0.1) is 30.2 Å². The zero-order valence-corrected chi connectivity index (χ0v) is 9.68. The maximum absolute atomic E-state index is 13.5. The molecule has 0 unspecified atom stereocenters. The smallest absolute Gasteiger partial charge is 0.204 e. The summed E-state index contributed by atoms with van der Waals surface area (Å²) in [5, 5.41) is 9.03. The van der Waals surface area contributed by atoms with Crippen LogP contribution in [0.25, 0.3) is 0 Å². The van der Waals surface area contributed by atoms with Gasteiger partial charge in [-0.25, -0.2) is 8.78 Å². The Labute approximate surface area is 105 Å². The van der Waals surface area contributed by atoms with Gasteiger partial charge in [0.2, 0.25) is 17.4 Å². The van der Waals surface area contributed by atoms with Crippen molar-refractivity contribution in [2.24, 2.45) is 0 Å². The molecule has 0 radical (unpaired) electrons. The molecule has 0 atom stereocenters. The van der Waals surface area contributed by atoms with Gasteiger partial charge in [0.15, 0.2) is 11.6 Å². The highest BCUT2D eigenvalue weighted by Gasteiger charge is 2.24. The van der Waals surface area contributed by atoms with E-state index >= 15 is 0 Å². The van der Waals surface area contributed by atoms with Crippen molar-refractivity contribution in [1.82, 2.24) is 0 Å². The third-order valence-corrected chi connectivity index (χ3v) is 2.50. The minimum Gasteiger partial charge on any atom is -0.508 e. The first-order valence-corrected chi connectivity index (χ1v) is 5.21. The molecular weight excluding hydrogens is 264 g/mol. The first-order valence-electron chi connectivity index (χ1n) is 5.21. The number of ether oxygens (including phenoxy) is 1. The van der Waals surface area contributed by atoms with Crippen molar-refractivity contribution in [2.45, 2.75) is 6.92 Å². The van der Waals surface area contributed by atoms with Crippen LogP contribution >= 0.6 is 0 Å². The van der Waals surface area contributed by atoms with Crippen LogP contribution in [0.2, 0.25) is 0 Å². The van der Waals surface area contributed by atoms with Gasteiger partial charge in [0.1, 0.15) is 11.5 Å². The van der Waals surface area contributed by atoms with Crippen molar-refractivity contribution < 1.29 is 27.4 Å². The van der Waals surface area contributed by atoms with Gasteiger partial charge in [-0.3, -0.25) is 0 Å². The minimum absolute atomic E-state index is 0.0711. The molecule has 19 heavy (non-hydrogen) atoms. The average Bonchev–Trinajstić information content (AvgIpc) is 2.41. The van der Waals surface area contributed by atoms with Gasteiger partial charge in [0.05, 0.1) is 0 Å². The maximum Gasteiger partial charge on any atom is 0.204 e. The van der Waals surface area contributed by atoms with E-state index in [1.807, 2.05) is 0 Å². The van der Waals surface area contributed by atoms with Crippen LogP contribution in [0.4, 0.5) is 17.6 Å². The second-order valence-corrected chi connectivity index (χ2v) is 3.81. The Balaban J connectivity index is 2.48. The summed E-state index contributed by atoms with van der Waals surface area (Å²) in [6, 6.07) is 4.80. The molecule has 1 N–H and O–H groups in total. The van der Waals surface area contributed by atoms with E-state index in [2.05, 4.69) is 0 Å². The molecule has 0 amide bonds. The predicted octanol–water partition coefficient (Wildman–Crippen LogP) is 4.05. The number of hydrogen-bond acceptors (Lipinski definition) is 2. The molecule has 6 heteroatoms. The monoisotopic (exact) mass is 272 g/mol.